The number of likely N-dealkylation sites (N-methyl/N-ethyl adjacent to an activating group) is 1. The van der Waals surface area contributed by atoms with Crippen LogP contribution in [-0.4, -0.2) is 42.2 Å². The third-order valence-corrected chi connectivity index (χ3v) is 4.72. The Hall–Kier alpha value is -1.46. The summed E-state index contributed by atoms with van der Waals surface area (Å²) in [6.07, 6.45) is 4.59. The molecule has 1 saturated carbocycles. The Balaban J connectivity index is 2.25. The number of benzene rings is 1. The quantitative estimate of drug-likeness (QED) is 0.729. The highest BCUT2D eigenvalue weighted by Crippen LogP contribution is 2.36. The van der Waals surface area contributed by atoms with Crippen molar-refractivity contribution in [2.75, 3.05) is 31.7 Å². The van der Waals surface area contributed by atoms with Gasteiger partial charge in [0.25, 0.3) is 0 Å². The number of hydrogen-bond acceptors (Lipinski definition) is 4. The van der Waals surface area contributed by atoms with E-state index in [0.29, 0.717) is 22.9 Å². The minimum Gasteiger partial charge on any atom is -0.478 e. The molecule has 6 heteroatoms. The summed E-state index contributed by atoms with van der Waals surface area (Å²) < 4.78 is 0. The number of carboxylic acid groups (broad SMARTS) is 1. The molecule has 1 aliphatic rings. The SMILES string of the molecule is CN(C)C1(CNc2c(Cl)cc(N)cc2C(=O)O)CCCC1. The summed E-state index contributed by atoms with van der Waals surface area (Å²) in [5.41, 5.74) is 6.65. The Morgan fingerprint density at radius 2 is 2.05 bits per heavy atom. The monoisotopic (exact) mass is 311 g/mol. The maximum absolute atomic E-state index is 11.4. The van der Waals surface area contributed by atoms with Gasteiger partial charge in [0.05, 0.1) is 16.3 Å². The van der Waals surface area contributed by atoms with Gasteiger partial charge in [-0.1, -0.05) is 24.4 Å². The van der Waals surface area contributed by atoms with Crippen molar-refractivity contribution in [2.45, 2.75) is 31.2 Å². The van der Waals surface area contributed by atoms with Gasteiger partial charge in [0.2, 0.25) is 0 Å². The number of carboxylic acids is 1. The van der Waals surface area contributed by atoms with Crippen molar-refractivity contribution in [3.63, 3.8) is 0 Å². The zero-order valence-electron chi connectivity index (χ0n) is 12.4. The molecule has 2 rings (SSSR count). The number of carbonyl (C=O) groups is 1. The lowest BCUT2D eigenvalue weighted by Crippen LogP contribution is -2.47. The molecule has 5 nitrogen and oxygen atoms in total. The van der Waals surface area contributed by atoms with Crippen molar-refractivity contribution in [2.24, 2.45) is 0 Å². The number of nitrogen functional groups attached to an aromatic ring is 1. The first-order valence-electron chi connectivity index (χ1n) is 7.09. The van der Waals surface area contributed by atoms with Gasteiger partial charge >= 0.3 is 5.97 Å². The van der Waals surface area contributed by atoms with Gasteiger partial charge in [-0.05, 0) is 39.1 Å². The normalized spacial score (nSPS) is 17.1. The fraction of sp³-hybridized carbons (Fsp3) is 0.533. The smallest absolute Gasteiger partial charge is 0.337 e. The molecule has 0 radical (unpaired) electrons. The van der Waals surface area contributed by atoms with Crippen molar-refractivity contribution in [3.05, 3.63) is 22.7 Å². The van der Waals surface area contributed by atoms with Crippen LogP contribution in [0.1, 0.15) is 36.0 Å². The third-order valence-electron chi connectivity index (χ3n) is 4.42. The van der Waals surface area contributed by atoms with E-state index in [1.54, 1.807) is 6.07 Å². The maximum Gasteiger partial charge on any atom is 0.337 e. The summed E-state index contributed by atoms with van der Waals surface area (Å²) in [5.74, 6) is -1.03. The minimum absolute atomic E-state index is 0.0560. The highest BCUT2D eigenvalue weighted by atomic mass is 35.5. The second-order valence-corrected chi connectivity index (χ2v) is 6.32. The Kier molecular flexibility index (Phi) is 4.64. The van der Waals surface area contributed by atoms with Crippen LogP contribution in [0.15, 0.2) is 12.1 Å². The van der Waals surface area contributed by atoms with Gasteiger partial charge in [0.15, 0.2) is 0 Å². The van der Waals surface area contributed by atoms with Crippen LogP contribution in [0.3, 0.4) is 0 Å². The van der Waals surface area contributed by atoms with E-state index in [-0.39, 0.29) is 11.1 Å². The highest BCUT2D eigenvalue weighted by molar-refractivity contribution is 6.34. The Bertz CT molecular complexity index is 540. The number of nitrogens with two attached hydrogens (primary N) is 1. The fourth-order valence-corrected chi connectivity index (χ4v) is 3.34. The van der Waals surface area contributed by atoms with Crippen LogP contribution in [0.25, 0.3) is 0 Å². The summed E-state index contributed by atoms with van der Waals surface area (Å²) in [6, 6.07) is 3.01. The molecule has 0 unspecified atom stereocenters. The van der Waals surface area contributed by atoms with Crippen LogP contribution in [0.2, 0.25) is 5.02 Å². The largest absolute Gasteiger partial charge is 0.478 e. The number of nitrogens with zero attached hydrogens (tertiary/aromatic N) is 1. The molecular formula is C15H22ClN3O2. The zero-order valence-corrected chi connectivity index (χ0v) is 13.2. The molecule has 1 fully saturated rings. The van der Waals surface area contributed by atoms with Gasteiger partial charge < -0.3 is 21.1 Å². The average Bonchev–Trinajstić information content (AvgIpc) is 2.86. The summed E-state index contributed by atoms with van der Waals surface area (Å²) in [5, 5.41) is 12.9. The molecule has 1 aromatic rings. The molecule has 0 spiro atoms. The van der Waals surface area contributed by atoms with E-state index >= 15 is 0 Å². The molecule has 0 saturated heterocycles. The first kappa shape index (κ1) is 15.9. The fourth-order valence-electron chi connectivity index (χ4n) is 3.04. The first-order chi connectivity index (χ1) is 9.85. The lowest BCUT2D eigenvalue weighted by atomic mass is 9.95. The van der Waals surface area contributed by atoms with Crippen LogP contribution in [0, 0.1) is 0 Å². The number of nitrogens with one attached hydrogen (secondary N) is 1. The molecule has 0 bridgehead atoms. The summed E-state index contributed by atoms with van der Waals surface area (Å²) in [7, 11) is 4.13. The zero-order chi connectivity index (χ0) is 15.6. The van der Waals surface area contributed by atoms with Crippen LogP contribution >= 0.6 is 11.6 Å². The van der Waals surface area contributed by atoms with Gasteiger partial charge in [0.1, 0.15) is 0 Å². The molecule has 0 atom stereocenters. The molecule has 0 amide bonds. The summed E-state index contributed by atoms with van der Waals surface area (Å²) in [4.78, 5) is 13.6. The Morgan fingerprint density at radius 3 is 2.57 bits per heavy atom. The lowest BCUT2D eigenvalue weighted by molar-refractivity contribution is 0.0698. The molecule has 4 N–H and O–H groups in total. The van der Waals surface area contributed by atoms with E-state index in [1.807, 2.05) is 0 Å². The minimum atomic E-state index is -1.03. The Morgan fingerprint density at radius 1 is 1.43 bits per heavy atom. The van der Waals surface area contributed by atoms with Crippen LogP contribution in [0.4, 0.5) is 11.4 Å². The topological polar surface area (TPSA) is 78.6 Å². The van der Waals surface area contributed by atoms with Gasteiger partial charge in [0, 0.05) is 17.8 Å². The maximum atomic E-state index is 11.4. The number of aromatic carboxylic acids is 1. The standard InChI is InChI=1S/C15H22ClN3O2/c1-19(2)15(5-3-4-6-15)9-18-13-11(14(20)21)7-10(17)8-12(13)16/h7-8,18H,3-6,9,17H2,1-2H3,(H,20,21). The van der Waals surface area contributed by atoms with E-state index in [1.165, 1.54) is 18.9 Å². The van der Waals surface area contributed by atoms with Crippen molar-refractivity contribution >= 4 is 28.9 Å². The molecule has 116 valence electrons. The van der Waals surface area contributed by atoms with E-state index < -0.39 is 5.97 Å². The number of anilines is 2. The van der Waals surface area contributed by atoms with E-state index in [0.717, 1.165) is 12.8 Å². The van der Waals surface area contributed by atoms with Gasteiger partial charge in [-0.25, -0.2) is 4.79 Å². The molecule has 21 heavy (non-hydrogen) atoms. The van der Waals surface area contributed by atoms with E-state index in [4.69, 9.17) is 17.3 Å². The van der Waals surface area contributed by atoms with Crippen molar-refractivity contribution in [1.82, 2.24) is 4.90 Å². The second kappa shape index (κ2) is 6.12. The van der Waals surface area contributed by atoms with Crippen molar-refractivity contribution < 1.29 is 9.90 Å². The Labute approximate surface area is 130 Å². The van der Waals surface area contributed by atoms with Crippen molar-refractivity contribution in [1.29, 1.82) is 0 Å². The van der Waals surface area contributed by atoms with Crippen LogP contribution in [0.5, 0.6) is 0 Å². The summed E-state index contributed by atoms with van der Waals surface area (Å²) in [6.45, 7) is 0.671. The van der Waals surface area contributed by atoms with E-state index in [2.05, 4.69) is 24.3 Å². The predicted octanol–water partition coefficient (Wildman–Crippen LogP) is 2.91. The number of rotatable bonds is 5. The van der Waals surface area contributed by atoms with E-state index in [9.17, 15) is 9.90 Å². The molecule has 0 aliphatic heterocycles. The number of halogens is 1. The average molecular weight is 312 g/mol. The first-order valence-corrected chi connectivity index (χ1v) is 7.47. The van der Waals surface area contributed by atoms with Crippen molar-refractivity contribution in [3.8, 4) is 0 Å². The molecule has 0 heterocycles. The molecule has 1 aliphatic carbocycles. The van der Waals surface area contributed by atoms with Gasteiger partial charge in [-0.15, -0.1) is 0 Å². The van der Waals surface area contributed by atoms with Gasteiger partial charge in [-0.3, -0.25) is 0 Å². The molecular weight excluding hydrogens is 290 g/mol. The summed E-state index contributed by atoms with van der Waals surface area (Å²) >= 11 is 6.17. The second-order valence-electron chi connectivity index (χ2n) is 5.91. The van der Waals surface area contributed by atoms with Crippen LogP contribution < -0.4 is 11.1 Å². The molecule has 1 aromatic carbocycles. The highest BCUT2D eigenvalue weighted by Gasteiger charge is 2.36. The number of hydrogen-bond donors (Lipinski definition) is 3. The predicted molar refractivity (Wildman–Crippen MR) is 86.2 cm³/mol. The molecule has 0 aromatic heterocycles. The van der Waals surface area contributed by atoms with Crippen LogP contribution in [-0.2, 0) is 0 Å². The third kappa shape index (κ3) is 3.24. The lowest BCUT2D eigenvalue weighted by Gasteiger charge is -2.37. The van der Waals surface area contributed by atoms with Gasteiger partial charge in [-0.2, -0.15) is 0 Å².